The van der Waals surface area contributed by atoms with Crippen LogP contribution in [0.3, 0.4) is 0 Å². The minimum absolute atomic E-state index is 0.171. The van der Waals surface area contributed by atoms with Crippen LogP contribution in [0.1, 0.15) is 23.6 Å². The van der Waals surface area contributed by atoms with Gasteiger partial charge in [0.05, 0.1) is 5.25 Å². The first kappa shape index (κ1) is 12.5. The molecule has 0 aromatic carbocycles. The molecule has 0 radical (unpaired) electrons. The van der Waals surface area contributed by atoms with Crippen LogP contribution in [0.5, 0.6) is 0 Å². The van der Waals surface area contributed by atoms with Crippen LogP contribution in [0, 0.1) is 3.95 Å². The van der Waals surface area contributed by atoms with E-state index < -0.39 is 0 Å². The first-order chi connectivity index (χ1) is 7.69. The molecule has 0 saturated carbocycles. The average molecular weight is 309 g/mol. The number of hydrogen-bond acceptors (Lipinski definition) is 8. The first-order valence-corrected chi connectivity index (χ1v) is 7.81. The Morgan fingerprint density at radius 1 is 1.44 bits per heavy atom. The van der Waals surface area contributed by atoms with Gasteiger partial charge in [0.1, 0.15) is 5.01 Å². The number of hydrogen-bond donors (Lipinski definition) is 2. The molecule has 0 fully saturated rings. The van der Waals surface area contributed by atoms with Crippen molar-refractivity contribution in [2.24, 2.45) is 0 Å². The van der Waals surface area contributed by atoms with Crippen LogP contribution < -0.4 is 0 Å². The number of rotatable bonds is 4. The number of aromatic amines is 1. The molecule has 2 aromatic rings. The summed E-state index contributed by atoms with van der Waals surface area (Å²) in [6.45, 7) is 2.07. The molecule has 0 aliphatic rings. The highest BCUT2D eigenvalue weighted by molar-refractivity contribution is 8.02. The van der Waals surface area contributed by atoms with E-state index in [1.165, 1.54) is 23.1 Å². The van der Waals surface area contributed by atoms with Gasteiger partial charge in [-0.25, -0.2) is 0 Å². The summed E-state index contributed by atoms with van der Waals surface area (Å²) in [5.74, 6) is 0. The topological polar surface area (TPSA) is 54.5 Å². The van der Waals surface area contributed by atoms with Crippen molar-refractivity contribution in [1.29, 1.82) is 0 Å². The Balaban J connectivity index is 2.11. The Hall–Kier alpha value is 0.0400. The lowest BCUT2D eigenvalue weighted by molar-refractivity contribution is 0.852. The summed E-state index contributed by atoms with van der Waals surface area (Å²) in [6.07, 6.45) is 0.948. The average Bonchev–Trinajstić information content (AvgIpc) is 2.87. The second-order valence-corrected chi connectivity index (χ2v) is 7.60. The molecule has 2 aromatic heterocycles. The highest BCUT2D eigenvalue weighted by atomic mass is 32.2. The molecule has 2 rings (SSSR count). The summed E-state index contributed by atoms with van der Waals surface area (Å²) in [5.41, 5.74) is 0. The molecule has 2 heterocycles. The van der Waals surface area contributed by atoms with Crippen molar-refractivity contribution < 1.29 is 0 Å². The smallest absolute Gasteiger partial charge is 0.181 e. The van der Waals surface area contributed by atoms with Crippen molar-refractivity contribution in [3.8, 4) is 0 Å². The van der Waals surface area contributed by atoms with Crippen LogP contribution in [0.15, 0.2) is 8.68 Å². The van der Waals surface area contributed by atoms with Crippen LogP contribution in [0.25, 0.3) is 0 Å². The Morgan fingerprint density at radius 3 is 2.88 bits per heavy atom. The van der Waals surface area contributed by atoms with Crippen LogP contribution in [-0.2, 0) is 0 Å². The lowest BCUT2D eigenvalue weighted by Crippen LogP contribution is -1.85. The third kappa shape index (κ3) is 3.04. The second-order valence-electron chi connectivity index (χ2n) is 2.81. The van der Waals surface area contributed by atoms with Gasteiger partial charge in [0, 0.05) is 0 Å². The molecule has 9 heteroatoms. The molecule has 4 nitrogen and oxygen atoms in total. The van der Waals surface area contributed by atoms with E-state index in [1.54, 1.807) is 11.3 Å². The molecule has 1 unspecified atom stereocenters. The molecular formula is C7H8N4S5. The predicted molar refractivity (Wildman–Crippen MR) is 73.3 cm³/mol. The molecule has 0 amide bonds. The van der Waals surface area contributed by atoms with Gasteiger partial charge >= 0.3 is 0 Å². The van der Waals surface area contributed by atoms with E-state index in [9.17, 15) is 0 Å². The van der Waals surface area contributed by atoms with E-state index in [0.717, 1.165) is 20.1 Å². The summed E-state index contributed by atoms with van der Waals surface area (Å²) in [6, 6.07) is 0. The summed E-state index contributed by atoms with van der Waals surface area (Å²) in [7, 11) is 0. The van der Waals surface area contributed by atoms with E-state index in [1.807, 2.05) is 0 Å². The van der Waals surface area contributed by atoms with Crippen LogP contribution in [0.2, 0.25) is 0 Å². The molecule has 1 atom stereocenters. The van der Waals surface area contributed by atoms with Gasteiger partial charge in [0.25, 0.3) is 0 Å². The van der Waals surface area contributed by atoms with Gasteiger partial charge < -0.3 is 0 Å². The summed E-state index contributed by atoms with van der Waals surface area (Å²) < 4.78 is 2.41. The summed E-state index contributed by atoms with van der Waals surface area (Å²) in [5, 5.41) is 16.1. The maximum atomic E-state index is 4.96. The molecule has 1 N–H and O–H groups in total. The molecule has 0 bridgehead atoms. The maximum Gasteiger partial charge on any atom is 0.181 e. The zero-order chi connectivity index (χ0) is 11.5. The molecule has 0 spiro atoms. The monoisotopic (exact) mass is 308 g/mol. The Morgan fingerprint density at radius 2 is 2.25 bits per heavy atom. The molecule has 0 saturated heterocycles. The number of H-pyrrole nitrogens is 1. The van der Waals surface area contributed by atoms with Gasteiger partial charge in [-0.05, 0) is 30.4 Å². The quantitative estimate of drug-likeness (QED) is 0.668. The highest BCUT2D eigenvalue weighted by Gasteiger charge is 2.12. The Bertz CT molecular complexity index is 515. The highest BCUT2D eigenvalue weighted by Crippen LogP contribution is 2.34. The zero-order valence-corrected chi connectivity index (χ0v) is 12.4. The molecule has 0 aliphatic heterocycles. The molecular weight excluding hydrogens is 300 g/mol. The van der Waals surface area contributed by atoms with Crippen molar-refractivity contribution in [2.45, 2.75) is 27.3 Å². The molecule has 0 aliphatic carbocycles. The van der Waals surface area contributed by atoms with Crippen LogP contribution in [-0.4, -0.2) is 20.4 Å². The Labute approximate surface area is 115 Å². The second kappa shape index (κ2) is 5.58. The predicted octanol–water partition coefficient (Wildman–Crippen LogP) is 3.58. The standard InChI is InChI=1S/C7H8N4S5/c1-2-3(12)4-8-10-6(14-4)16-7-11-9-5(13)15-7/h3,12H,2H2,1H3,(H,9,13). The third-order valence-corrected chi connectivity index (χ3v) is 5.71. The number of thiol groups is 1. The van der Waals surface area contributed by atoms with Gasteiger partial charge in [-0.3, -0.25) is 5.10 Å². The fraction of sp³-hybridized carbons (Fsp3) is 0.429. The van der Waals surface area contributed by atoms with Crippen molar-refractivity contribution in [3.05, 3.63) is 8.96 Å². The Kier molecular flexibility index (Phi) is 4.36. The fourth-order valence-corrected chi connectivity index (χ4v) is 4.34. The third-order valence-electron chi connectivity index (χ3n) is 1.69. The first-order valence-electron chi connectivity index (χ1n) is 4.44. The normalized spacial score (nSPS) is 12.9. The zero-order valence-electron chi connectivity index (χ0n) is 8.21. The van der Waals surface area contributed by atoms with Crippen molar-refractivity contribution in [2.75, 3.05) is 0 Å². The van der Waals surface area contributed by atoms with E-state index in [-0.39, 0.29) is 5.25 Å². The lowest BCUT2D eigenvalue weighted by atomic mass is 10.3. The van der Waals surface area contributed by atoms with E-state index in [0.29, 0.717) is 3.95 Å². The minimum Gasteiger partial charge on any atom is -0.257 e. The van der Waals surface area contributed by atoms with Gasteiger partial charge in [0.15, 0.2) is 12.6 Å². The van der Waals surface area contributed by atoms with Crippen LogP contribution in [0.4, 0.5) is 0 Å². The van der Waals surface area contributed by atoms with Crippen LogP contribution >= 0.6 is 59.3 Å². The molecule has 16 heavy (non-hydrogen) atoms. The van der Waals surface area contributed by atoms with E-state index >= 15 is 0 Å². The minimum atomic E-state index is 0.171. The maximum absolute atomic E-state index is 4.96. The van der Waals surface area contributed by atoms with Crippen molar-refractivity contribution >= 4 is 59.3 Å². The number of aromatic nitrogens is 4. The number of nitrogens with zero attached hydrogens (tertiary/aromatic N) is 3. The van der Waals surface area contributed by atoms with Gasteiger partial charge in [-0.2, -0.15) is 17.7 Å². The summed E-state index contributed by atoms with van der Waals surface area (Å²) >= 11 is 13.9. The largest absolute Gasteiger partial charge is 0.257 e. The number of nitrogens with one attached hydrogen (secondary N) is 1. The van der Waals surface area contributed by atoms with E-state index in [4.69, 9.17) is 12.2 Å². The summed E-state index contributed by atoms with van der Waals surface area (Å²) in [4.78, 5) is 0. The molecule has 86 valence electrons. The van der Waals surface area contributed by atoms with Gasteiger partial charge in [0.2, 0.25) is 0 Å². The van der Waals surface area contributed by atoms with E-state index in [2.05, 4.69) is 39.9 Å². The fourth-order valence-electron chi connectivity index (χ4n) is 0.905. The lowest BCUT2D eigenvalue weighted by Gasteiger charge is -1.98. The SMILES string of the molecule is CCC(S)c1nnc(Sc2n[nH]c(=S)s2)s1. The van der Waals surface area contributed by atoms with Crippen molar-refractivity contribution in [3.63, 3.8) is 0 Å². The van der Waals surface area contributed by atoms with Gasteiger partial charge in [-0.1, -0.05) is 29.6 Å². The van der Waals surface area contributed by atoms with Gasteiger partial charge in [-0.15, -0.1) is 10.2 Å². The van der Waals surface area contributed by atoms with Crippen molar-refractivity contribution in [1.82, 2.24) is 20.4 Å².